The Bertz CT molecular complexity index is 913. The van der Waals surface area contributed by atoms with Gasteiger partial charge < -0.3 is 10.2 Å². The van der Waals surface area contributed by atoms with E-state index in [2.05, 4.69) is 31.9 Å². The quantitative estimate of drug-likeness (QED) is 0.492. The normalized spacial score (nSPS) is 11.0. The molecule has 0 amide bonds. The summed E-state index contributed by atoms with van der Waals surface area (Å²) >= 11 is 7.58. The Morgan fingerprint density at radius 2 is 1.46 bits per heavy atom. The molecule has 0 aliphatic heterocycles. The van der Waals surface area contributed by atoms with Crippen LogP contribution >= 0.6 is 43.6 Å². The number of aliphatic hydroxyl groups is 2. The molecule has 10 heteroatoms. The first kappa shape index (κ1) is 25.5. The van der Waals surface area contributed by atoms with Crippen LogP contribution in [0.2, 0.25) is 0 Å². The van der Waals surface area contributed by atoms with Gasteiger partial charge in [0.15, 0.2) is 9.84 Å². The smallest absolute Gasteiger partial charge is 0.176 e. The van der Waals surface area contributed by atoms with Crippen molar-refractivity contribution >= 4 is 53.5 Å². The average molecular weight is 565 g/mol. The van der Waals surface area contributed by atoms with Crippen molar-refractivity contribution < 1.29 is 28.8 Å². The first-order valence-corrected chi connectivity index (χ1v) is 12.4. The number of halogens is 4. The number of aliphatic hydroxyl groups excluding tert-OH is 2. The Kier molecular flexibility index (Phi) is 11.8. The molecular weight excluding hydrogens is 542 g/mol. The van der Waals surface area contributed by atoms with E-state index in [9.17, 15) is 17.2 Å². The lowest BCUT2D eigenvalue weighted by Crippen LogP contribution is -2.05. The van der Waals surface area contributed by atoms with Gasteiger partial charge in [-0.25, -0.2) is 17.2 Å². The molecule has 0 saturated carbocycles. The Balaban J connectivity index is 0.000000481. The molecule has 2 rings (SSSR count). The summed E-state index contributed by atoms with van der Waals surface area (Å²) < 4.78 is 55.9. The van der Waals surface area contributed by atoms with Crippen LogP contribution < -0.4 is 0 Å². The summed E-state index contributed by atoms with van der Waals surface area (Å²) in [6, 6.07) is 5.52. The minimum Gasteiger partial charge on any atom is -0.392 e. The summed E-state index contributed by atoms with van der Waals surface area (Å²) in [4.78, 5) is 0.580. The molecule has 0 aliphatic carbocycles. The third-order valence-corrected chi connectivity index (χ3v) is 6.06. The zero-order valence-electron chi connectivity index (χ0n) is 16.5. The largest absolute Gasteiger partial charge is 0.392 e. The van der Waals surface area contributed by atoms with E-state index < -0.39 is 22.3 Å². The average Bonchev–Trinajstić information content (AvgIpc) is 2.61. The van der Waals surface area contributed by atoms with Crippen molar-refractivity contribution in [1.29, 1.82) is 0 Å². The highest BCUT2D eigenvalue weighted by atomic mass is 79.9. The van der Waals surface area contributed by atoms with E-state index in [0.717, 1.165) is 17.2 Å². The lowest BCUT2D eigenvalue weighted by molar-refractivity contribution is 0.272. The van der Waals surface area contributed by atoms with Crippen LogP contribution in [0.4, 0.5) is 8.78 Å². The molecule has 0 fully saturated rings. The Labute approximate surface area is 186 Å². The second-order valence-corrected chi connectivity index (χ2v) is 9.68. The van der Waals surface area contributed by atoms with E-state index in [1.807, 2.05) is 6.26 Å². The zero-order chi connectivity index (χ0) is 22.8. The first-order chi connectivity index (χ1) is 13.5. The number of hydrogen-bond donors (Lipinski definition) is 2. The number of thioether (sulfide) groups is 1. The van der Waals surface area contributed by atoms with Crippen molar-refractivity contribution in [3.8, 4) is 0 Å². The van der Waals surface area contributed by atoms with Gasteiger partial charge in [0, 0.05) is 32.6 Å². The number of sulfone groups is 1. The fraction of sp³-hybridized carbons (Fsp3) is 0.333. The molecule has 2 aromatic carbocycles. The highest BCUT2D eigenvalue weighted by Gasteiger charge is 2.17. The highest BCUT2D eigenvalue weighted by Crippen LogP contribution is 2.27. The minimum atomic E-state index is -3.52. The Morgan fingerprint density at radius 1 is 1.04 bits per heavy atom. The molecule has 0 bridgehead atoms. The third-order valence-electron chi connectivity index (χ3n) is 3.17. The minimum absolute atomic E-state index is 0.188. The molecule has 28 heavy (non-hydrogen) atoms. The molecule has 0 radical (unpaired) electrons. The van der Waals surface area contributed by atoms with Gasteiger partial charge in [0.1, 0.15) is 11.6 Å². The van der Waals surface area contributed by atoms with E-state index in [1.54, 1.807) is 13.0 Å². The fourth-order valence-corrected chi connectivity index (χ4v) is 4.75. The fourth-order valence-electron chi connectivity index (χ4n) is 1.98. The van der Waals surface area contributed by atoms with Crippen LogP contribution in [0.3, 0.4) is 0 Å². The van der Waals surface area contributed by atoms with Crippen LogP contribution in [0.1, 0.15) is 26.3 Å². The van der Waals surface area contributed by atoms with Crippen molar-refractivity contribution in [2.45, 2.75) is 36.8 Å². The summed E-state index contributed by atoms with van der Waals surface area (Å²) in [6.07, 6.45) is 2.81. The van der Waals surface area contributed by atoms with Crippen LogP contribution in [0.5, 0.6) is 0 Å². The Morgan fingerprint density at radius 3 is 1.86 bits per heavy atom. The molecule has 4 nitrogen and oxygen atoms in total. The zero-order valence-corrected chi connectivity index (χ0v) is 20.3. The van der Waals surface area contributed by atoms with Gasteiger partial charge in [-0.2, -0.15) is 0 Å². The monoisotopic (exact) mass is 563 g/mol. The van der Waals surface area contributed by atoms with Crippen molar-refractivity contribution in [3.05, 3.63) is 56.0 Å². The van der Waals surface area contributed by atoms with Crippen molar-refractivity contribution in [2.24, 2.45) is 0 Å². The van der Waals surface area contributed by atoms with E-state index in [1.165, 1.54) is 23.9 Å². The van der Waals surface area contributed by atoms with Gasteiger partial charge in [0.2, 0.25) is 0 Å². The SMILES string of the molecule is CS(=O)(=O)c1cc(Br)cc(F)c1CO.CSc1cc(Br)cc(F)c1CO.[2H]CC. The summed E-state index contributed by atoms with van der Waals surface area (Å²) in [6.45, 7) is 1.40. The van der Waals surface area contributed by atoms with E-state index in [-0.39, 0.29) is 22.9 Å². The van der Waals surface area contributed by atoms with E-state index in [0.29, 0.717) is 21.4 Å². The molecule has 2 aromatic rings. The summed E-state index contributed by atoms with van der Waals surface area (Å²) in [5, 5.41) is 17.7. The van der Waals surface area contributed by atoms with Gasteiger partial charge in [0.05, 0.1) is 18.1 Å². The van der Waals surface area contributed by atoms with Gasteiger partial charge in [-0.05, 0) is 30.5 Å². The van der Waals surface area contributed by atoms with Crippen LogP contribution in [-0.4, -0.2) is 31.1 Å². The van der Waals surface area contributed by atoms with Crippen molar-refractivity contribution in [3.63, 3.8) is 0 Å². The predicted molar refractivity (Wildman–Crippen MR) is 116 cm³/mol. The number of hydrogen-bond acceptors (Lipinski definition) is 5. The van der Waals surface area contributed by atoms with Gasteiger partial charge in [-0.1, -0.05) is 45.7 Å². The van der Waals surface area contributed by atoms with Gasteiger partial charge >= 0.3 is 0 Å². The second kappa shape index (κ2) is 12.9. The molecule has 0 atom stereocenters. The maximum Gasteiger partial charge on any atom is 0.176 e. The topological polar surface area (TPSA) is 74.6 Å². The van der Waals surface area contributed by atoms with Gasteiger partial charge in [-0.3, -0.25) is 0 Å². The summed E-state index contributed by atoms with van der Waals surface area (Å²) in [5.74, 6) is -1.10. The molecule has 0 aliphatic rings. The second-order valence-electron chi connectivity index (χ2n) is 5.02. The van der Waals surface area contributed by atoms with Gasteiger partial charge in [0.25, 0.3) is 0 Å². The summed E-state index contributed by atoms with van der Waals surface area (Å²) in [5.41, 5.74) is 0.168. The third kappa shape index (κ3) is 8.08. The lowest BCUT2D eigenvalue weighted by Gasteiger charge is -2.07. The van der Waals surface area contributed by atoms with Crippen molar-refractivity contribution in [2.75, 3.05) is 12.5 Å². The Hall–Kier alpha value is -0.520. The highest BCUT2D eigenvalue weighted by molar-refractivity contribution is 9.10. The van der Waals surface area contributed by atoms with Crippen molar-refractivity contribution in [1.82, 2.24) is 0 Å². The lowest BCUT2D eigenvalue weighted by atomic mass is 10.2. The first-order valence-electron chi connectivity index (χ1n) is 8.38. The van der Waals surface area contributed by atoms with E-state index >= 15 is 0 Å². The molecule has 158 valence electrons. The molecule has 2 N–H and O–H groups in total. The summed E-state index contributed by atoms with van der Waals surface area (Å²) in [7, 11) is -3.52. The van der Waals surface area contributed by atoms with Crippen LogP contribution in [-0.2, 0) is 23.1 Å². The molecular formula is C18H22Br2F2O4S2. The molecule has 0 unspecified atom stereocenters. The van der Waals surface area contributed by atoms with Crippen LogP contribution in [0.15, 0.2) is 43.0 Å². The maximum absolute atomic E-state index is 13.2. The maximum atomic E-state index is 13.2. The van der Waals surface area contributed by atoms with E-state index in [4.69, 9.17) is 11.6 Å². The van der Waals surface area contributed by atoms with Crippen LogP contribution in [0, 0.1) is 11.6 Å². The number of rotatable bonds is 4. The molecule has 0 aromatic heterocycles. The number of benzene rings is 2. The molecule has 0 saturated heterocycles. The van der Waals surface area contributed by atoms with Crippen LogP contribution in [0.25, 0.3) is 0 Å². The molecule has 0 spiro atoms. The molecule has 0 heterocycles. The predicted octanol–water partition coefficient (Wildman–Crippen LogP) is 5.31. The standard InChI is InChI=1S/C8H8BrFO3S.C8H8BrFOS.C2H6/c1-14(12,13)8-3-5(9)2-7(10)6(8)4-11;1-12-8-3-5(9)2-7(10)6(8)4-11;1-2/h2-3,11H,4H2,1H3;2-3,11H,4H2,1H3;1-2H3/i;;1D. The van der Waals surface area contributed by atoms with Gasteiger partial charge in [-0.15, -0.1) is 11.8 Å².